The standard InChI is InChI=1S/C12H8N4O3/c17-16(18)12-11(19-9-4-3-6-13-8-9)14-10-5-1-2-7-15(10)12/h1-8H. The van der Waals surface area contributed by atoms with Gasteiger partial charge in [0.05, 0.1) is 12.4 Å². The molecule has 7 heteroatoms. The summed E-state index contributed by atoms with van der Waals surface area (Å²) in [6.07, 6.45) is 4.62. The lowest BCUT2D eigenvalue weighted by molar-refractivity contribution is -0.391. The highest BCUT2D eigenvalue weighted by atomic mass is 16.6. The molecule has 0 unspecified atom stereocenters. The molecule has 3 aromatic rings. The highest BCUT2D eigenvalue weighted by molar-refractivity contribution is 5.53. The fourth-order valence-corrected chi connectivity index (χ4v) is 1.71. The normalized spacial score (nSPS) is 10.5. The fourth-order valence-electron chi connectivity index (χ4n) is 1.71. The van der Waals surface area contributed by atoms with Gasteiger partial charge in [-0.25, -0.2) is 0 Å². The third-order valence-electron chi connectivity index (χ3n) is 2.50. The topological polar surface area (TPSA) is 82.6 Å². The molecule has 19 heavy (non-hydrogen) atoms. The third kappa shape index (κ3) is 1.97. The molecule has 0 aliphatic heterocycles. The monoisotopic (exact) mass is 256 g/mol. The third-order valence-corrected chi connectivity index (χ3v) is 2.50. The lowest BCUT2D eigenvalue weighted by atomic mass is 10.5. The van der Waals surface area contributed by atoms with Gasteiger partial charge >= 0.3 is 11.7 Å². The maximum Gasteiger partial charge on any atom is 0.392 e. The van der Waals surface area contributed by atoms with Crippen molar-refractivity contribution in [3.05, 3.63) is 59.0 Å². The molecule has 0 bridgehead atoms. The number of hydrogen-bond donors (Lipinski definition) is 0. The molecule has 0 spiro atoms. The van der Waals surface area contributed by atoms with Crippen molar-refractivity contribution in [2.75, 3.05) is 0 Å². The Kier molecular flexibility index (Phi) is 2.57. The Morgan fingerprint density at radius 3 is 2.89 bits per heavy atom. The van der Waals surface area contributed by atoms with Crippen LogP contribution in [0.2, 0.25) is 0 Å². The number of fused-ring (bicyclic) bond motifs is 1. The van der Waals surface area contributed by atoms with Crippen LogP contribution >= 0.6 is 0 Å². The van der Waals surface area contributed by atoms with E-state index in [1.165, 1.54) is 10.6 Å². The van der Waals surface area contributed by atoms with Crippen LogP contribution in [0.3, 0.4) is 0 Å². The van der Waals surface area contributed by atoms with Gasteiger partial charge in [0.1, 0.15) is 5.75 Å². The van der Waals surface area contributed by atoms with Gasteiger partial charge < -0.3 is 14.9 Å². The van der Waals surface area contributed by atoms with Gasteiger partial charge in [-0.05, 0) is 23.1 Å². The number of pyridine rings is 2. The summed E-state index contributed by atoms with van der Waals surface area (Å²) in [5, 5.41) is 11.1. The SMILES string of the molecule is O=[N+]([O-])c1c(Oc2cccnc2)nc2ccccn12. The lowest BCUT2D eigenvalue weighted by Gasteiger charge is -2.00. The summed E-state index contributed by atoms with van der Waals surface area (Å²) >= 11 is 0. The predicted molar refractivity (Wildman–Crippen MR) is 66.2 cm³/mol. The molecule has 7 nitrogen and oxygen atoms in total. The van der Waals surface area contributed by atoms with Gasteiger partial charge in [-0.3, -0.25) is 4.98 Å². The van der Waals surface area contributed by atoms with Crippen molar-refractivity contribution in [3.63, 3.8) is 0 Å². The zero-order valence-corrected chi connectivity index (χ0v) is 9.63. The van der Waals surface area contributed by atoms with Gasteiger partial charge in [0, 0.05) is 12.3 Å². The lowest BCUT2D eigenvalue weighted by Crippen LogP contribution is -1.96. The Morgan fingerprint density at radius 2 is 2.16 bits per heavy atom. The molecular weight excluding hydrogens is 248 g/mol. The molecule has 0 aliphatic rings. The Bertz CT molecular complexity index is 739. The van der Waals surface area contributed by atoms with E-state index in [9.17, 15) is 10.1 Å². The van der Waals surface area contributed by atoms with Crippen LogP contribution in [0.15, 0.2) is 48.9 Å². The Labute approximate surface area is 107 Å². The first kappa shape index (κ1) is 11.1. The van der Waals surface area contributed by atoms with Crippen LogP contribution in [-0.4, -0.2) is 19.3 Å². The number of nitrogens with zero attached hydrogens (tertiary/aromatic N) is 4. The number of nitro groups is 1. The molecule has 0 aliphatic carbocycles. The quantitative estimate of drug-likeness (QED) is 0.531. The molecule has 0 radical (unpaired) electrons. The fraction of sp³-hybridized carbons (Fsp3) is 0. The van der Waals surface area contributed by atoms with Crippen LogP contribution in [0.4, 0.5) is 5.82 Å². The summed E-state index contributed by atoms with van der Waals surface area (Å²) in [6.45, 7) is 0. The van der Waals surface area contributed by atoms with Crippen LogP contribution in [0.25, 0.3) is 5.65 Å². The number of ether oxygens (including phenoxy) is 1. The van der Waals surface area contributed by atoms with Crippen LogP contribution in [0.5, 0.6) is 11.6 Å². The number of imidazole rings is 1. The molecule has 3 aromatic heterocycles. The van der Waals surface area contributed by atoms with Crippen molar-refractivity contribution in [3.8, 4) is 11.6 Å². The number of rotatable bonds is 3. The minimum absolute atomic E-state index is 0.0517. The first-order valence-corrected chi connectivity index (χ1v) is 5.45. The Balaban J connectivity index is 2.13. The largest absolute Gasteiger partial charge is 0.431 e. The van der Waals surface area contributed by atoms with E-state index >= 15 is 0 Å². The molecule has 3 rings (SSSR count). The van der Waals surface area contributed by atoms with Crippen molar-refractivity contribution in [1.82, 2.24) is 14.4 Å². The van der Waals surface area contributed by atoms with Crippen molar-refractivity contribution in [2.24, 2.45) is 0 Å². The Hall–Kier alpha value is -2.96. The van der Waals surface area contributed by atoms with Gasteiger partial charge in [0.15, 0.2) is 0 Å². The second-order valence-corrected chi connectivity index (χ2v) is 3.72. The summed E-state index contributed by atoms with van der Waals surface area (Å²) < 4.78 is 6.79. The first-order chi connectivity index (χ1) is 9.25. The summed E-state index contributed by atoms with van der Waals surface area (Å²) in [5.41, 5.74) is 0.452. The van der Waals surface area contributed by atoms with E-state index in [0.717, 1.165) is 0 Å². The van der Waals surface area contributed by atoms with E-state index in [-0.39, 0.29) is 11.7 Å². The van der Waals surface area contributed by atoms with E-state index in [0.29, 0.717) is 11.4 Å². The van der Waals surface area contributed by atoms with Crippen molar-refractivity contribution >= 4 is 11.5 Å². The molecule has 94 valence electrons. The molecule has 0 saturated heterocycles. The van der Waals surface area contributed by atoms with E-state index in [1.54, 1.807) is 42.7 Å². The summed E-state index contributed by atoms with van der Waals surface area (Å²) in [4.78, 5) is 18.6. The molecule has 3 heterocycles. The molecule has 0 N–H and O–H groups in total. The molecule has 0 fully saturated rings. The number of aromatic nitrogens is 3. The number of hydrogen-bond acceptors (Lipinski definition) is 5. The molecule has 0 atom stereocenters. The summed E-state index contributed by atoms with van der Waals surface area (Å²) in [6, 6.07) is 8.44. The highest BCUT2D eigenvalue weighted by Crippen LogP contribution is 2.30. The van der Waals surface area contributed by atoms with Crippen LogP contribution in [0.1, 0.15) is 0 Å². The molecule has 0 saturated carbocycles. The average molecular weight is 256 g/mol. The highest BCUT2D eigenvalue weighted by Gasteiger charge is 2.24. The van der Waals surface area contributed by atoms with Gasteiger partial charge in [0.25, 0.3) is 0 Å². The zero-order valence-electron chi connectivity index (χ0n) is 9.63. The van der Waals surface area contributed by atoms with Gasteiger partial charge in [-0.15, -0.1) is 0 Å². The maximum absolute atomic E-state index is 11.1. The average Bonchev–Trinajstić information content (AvgIpc) is 2.77. The maximum atomic E-state index is 11.1. The zero-order chi connectivity index (χ0) is 13.2. The molecule has 0 aromatic carbocycles. The van der Waals surface area contributed by atoms with Crippen LogP contribution in [-0.2, 0) is 0 Å². The van der Waals surface area contributed by atoms with Gasteiger partial charge in [-0.2, -0.15) is 9.38 Å². The minimum Gasteiger partial charge on any atom is -0.431 e. The summed E-state index contributed by atoms with van der Waals surface area (Å²) in [7, 11) is 0. The second-order valence-electron chi connectivity index (χ2n) is 3.72. The Morgan fingerprint density at radius 1 is 1.26 bits per heavy atom. The predicted octanol–water partition coefficient (Wildman–Crippen LogP) is 2.43. The molecule has 0 amide bonds. The first-order valence-electron chi connectivity index (χ1n) is 5.45. The smallest absolute Gasteiger partial charge is 0.392 e. The molecular formula is C12H8N4O3. The van der Waals surface area contributed by atoms with Gasteiger partial charge in [0.2, 0.25) is 5.65 Å². The van der Waals surface area contributed by atoms with E-state index in [4.69, 9.17) is 4.74 Å². The van der Waals surface area contributed by atoms with Crippen molar-refractivity contribution in [2.45, 2.75) is 0 Å². The van der Waals surface area contributed by atoms with Crippen LogP contribution < -0.4 is 4.74 Å². The van der Waals surface area contributed by atoms with E-state index in [2.05, 4.69) is 9.97 Å². The van der Waals surface area contributed by atoms with Crippen LogP contribution in [0, 0.1) is 10.1 Å². The summed E-state index contributed by atoms with van der Waals surface area (Å²) in [5.74, 6) is 0.137. The van der Waals surface area contributed by atoms with Crippen molar-refractivity contribution < 1.29 is 9.66 Å². The van der Waals surface area contributed by atoms with E-state index in [1.807, 2.05) is 0 Å². The van der Waals surface area contributed by atoms with E-state index < -0.39 is 4.92 Å². The van der Waals surface area contributed by atoms with Gasteiger partial charge in [-0.1, -0.05) is 6.07 Å². The second kappa shape index (κ2) is 4.37. The van der Waals surface area contributed by atoms with Crippen molar-refractivity contribution in [1.29, 1.82) is 0 Å². The minimum atomic E-state index is -0.522.